The highest BCUT2D eigenvalue weighted by Crippen LogP contribution is 2.28. The Hall–Kier alpha value is -2.93. The first-order valence-electron chi connectivity index (χ1n) is 6.73. The van der Waals surface area contributed by atoms with Gasteiger partial charge in [-0.25, -0.2) is 9.67 Å². The summed E-state index contributed by atoms with van der Waals surface area (Å²) in [4.78, 5) is 14.2. The van der Waals surface area contributed by atoms with Gasteiger partial charge in [0.05, 0.1) is 33.2 Å². The predicted molar refractivity (Wildman–Crippen MR) is 87.5 cm³/mol. The summed E-state index contributed by atoms with van der Waals surface area (Å²) in [6.45, 7) is 1.90. The lowest BCUT2D eigenvalue weighted by Gasteiger charge is -2.08. The molecule has 2 aromatic heterocycles. The minimum Gasteiger partial charge on any atom is -0.336 e. The van der Waals surface area contributed by atoms with Crippen LogP contribution in [0, 0.1) is 17.0 Å². The average molecular weight is 330 g/mol. The maximum absolute atomic E-state index is 10.7. The van der Waals surface area contributed by atoms with E-state index in [9.17, 15) is 10.1 Å². The molecule has 116 valence electrons. The number of rotatable bonds is 4. The number of nitrogens with zero attached hydrogens (tertiary/aromatic N) is 4. The molecule has 0 unspecified atom stereocenters. The van der Waals surface area contributed by atoms with E-state index in [1.165, 1.54) is 6.07 Å². The lowest BCUT2D eigenvalue weighted by molar-refractivity contribution is -0.385. The number of anilines is 2. The number of aromatic nitrogens is 3. The van der Waals surface area contributed by atoms with Gasteiger partial charge in [0.25, 0.3) is 5.69 Å². The van der Waals surface area contributed by atoms with E-state index in [2.05, 4.69) is 15.4 Å². The van der Waals surface area contributed by atoms with Crippen molar-refractivity contribution in [1.29, 1.82) is 0 Å². The van der Waals surface area contributed by atoms with Gasteiger partial charge in [0.15, 0.2) is 0 Å². The van der Waals surface area contributed by atoms with Crippen molar-refractivity contribution in [2.24, 2.45) is 0 Å². The third-order valence-electron chi connectivity index (χ3n) is 3.30. The van der Waals surface area contributed by atoms with E-state index in [4.69, 9.17) is 11.6 Å². The number of hydrogen-bond donors (Lipinski definition) is 1. The molecule has 0 bridgehead atoms. The number of hydrogen-bond acceptors (Lipinski definition) is 5. The standard InChI is InChI=1S/C15H12ClN5O2/c1-10-14(9-18-20(10)11-5-3-2-4-6-11)19-15-13(16)7-12(8-17-15)21(22)23/h2-9H,1H3,(H,17,19). The van der Waals surface area contributed by atoms with Crippen molar-refractivity contribution >= 4 is 28.8 Å². The van der Waals surface area contributed by atoms with Gasteiger partial charge in [0, 0.05) is 6.07 Å². The Bertz CT molecular complexity index is 864. The fourth-order valence-corrected chi connectivity index (χ4v) is 2.32. The van der Waals surface area contributed by atoms with Crippen molar-refractivity contribution in [3.63, 3.8) is 0 Å². The Morgan fingerprint density at radius 2 is 2.00 bits per heavy atom. The third kappa shape index (κ3) is 3.00. The number of para-hydroxylation sites is 1. The van der Waals surface area contributed by atoms with Gasteiger partial charge in [-0.3, -0.25) is 10.1 Å². The Morgan fingerprint density at radius 1 is 1.26 bits per heavy atom. The molecule has 0 fully saturated rings. The lowest BCUT2D eigenvalue weighted by Crippen LogP contribution is -2.00. The lowest BCUT2D eigenvalue weighted by atomic mass is 10.3. The van der Waals surface area contributed by atoms with Gasteiger partial charge in [0.2, 0.25) is 0 Å². The zero-order valence-corrected chi connectivity index (χ0v) is 12.9. The van der Waals surface area contributed by atoms with Crippen LogP contribution in [0.5, 0.6) is 0 Å². The molecule has 1 N–H and O–H groups in total. The molecule has 3 aromatic rings. The summed E-state index contributed by atoms with van der Waals surface area (Å²) in [6, 6.07) is 10.9. The van der Waals surface area contributed by atoms with Crippen molar-refractivity contribution in [3.8, 4) is 5.69 Å². The second-order valence-electron chi connectivity index (χ2n) is 4.80. The van der Waals surface area contributed by atoms with Gasteiger partial charge in [-0.1, -0.05) is 29.8 Å². The molecular formula is C15H12ClN5O2. The van der Waals surface area contributed by atoms with E-state index in [1.807, 2.05) is 37.3 Å². The number of halogens is 1. The van der Waals surface area contributed by atoms with Gasteiger partial charge in [-0.2, -0.15) is 5.10 Å². The highest BCUT2D eigenvalue weighted by Gasteiger charge is 2.14. The quantitative estimate of drug-likeness (QED) is 0.580. The first kappa shape index (κ1) is 15.0. The maximum Gasteiger partial charge on any atom is 0.289 e. The van der Waals surface area contributed by atoms with Gasteiger partial charge in [0.1, 0.15) is 12.0 Å². The Kier molecular flexibility index (Phi) is 3.94. The minimum atomic E-state index is -0.540. The van der Waals surface area contributed by atoms with Gasteiger partial charge < -0.3 is 5.32 Å². The third-order valence-corrected chi connectivity index (χ3v) is 3.59. The van der Waals surface area contributed by atoms with E-state index in [0.29, 0.717) is 5.82 Å². The smallest absolute Gasteiger partial charge is 0.289 e. The molecule has 0 saturated carbocycles. The van der Waals surface area contributed by atoms with Crippen LogP contribution in [-0.4, -0.2) is 19.7 Å². The highest BCUT2D eigenvalue weighted by atomic mass is 35.5. The SMILES string of the molecule is Cc1c(Nc2ncc([N+](=O)[O-])cc2Cl)cnn1-c1ccccc1. The van der Waals surface area contributed by atoms with Crippen molar-refractivity contribution < 1.29 is 4.92 Å². The zero-order chi connectivity index (χ0) is 16.4. The van der Waals surface area contributed by atoms with Crippen molar-refractivity contribution in [2.45, 2.75) is 6.92 Å². The van der Waals surface area contributed by atoms with E-state index < -0.39 is 4.92 Å². The molecule has 0 spiro atoms. The topological polar surface area (TPSA) is 85.9 Å². The first-order chi connectivity index (χ1) is 11.1. The van der Waals surface area contributed by atoms with Gasteiger partial charge in [-0.05, 0) is 19.1 Å². The summed E-state index contributed by atoms with van der Waals surface area (Å²) < 4.78 is 1.78. The second kappa shape index (κ2) is 6.05. The van der Waals surface area contributed by atoms with E-state index in [-0.39, 0.29) is 10.7 Å². The molecule has 0 aliphatic rings. The van der Waals surface area contributed by atoms with Crippen LogP contribution in [0.3, 0.4) is 0 Å². The van der Waals surface area contributed by atoms with Crippen LogP contribution in [0.4, 0.5) is 17.2 Å². The highest BCUT2D eigenvalue weighted by molar-refractivity contribution is 6.33. The van der Waals surface area contributed by atoms with Crippen molar-refractivity contribution in [1.82, 2.24) is 14.8 Å². The monoisotopic (exact) mass is 329 g/mol. The largest absolute Gasteiger partial charge is 0.336 e. The summed E-state index contributed by atoms with van der Waals surface area (Å²) in [5, 5.41) is 18.3. The predicted octanol–water partition coefficient (Wildman–Crippen LogP) is 3.88. The molecule has 7 nitrogen and oxygen atoms in total. The molecular weight excluding hydrogens is 318 g/mol. The normalized spacial score (nSPS) is 10.5. The number of pyridine rings is 1. The van der Waals surface area contributed by atoms with Gasteiger partial charge >= 0.3 is 0 Å². The number of nitrogens with one attached hydrogen (secondary N) is 1. The molecule has 23 heavy (non-hydrogen) atoms. The molecule has 8 heteroatoms. The summed E-state index contributed by atoms with van der Waals surface area (Å²) in [5.41, 5.74) is 2.36. The zero-order valence-electron chi connectivity index (χ0n) is 12.1. The summed E-state index contributed by atoms with van der Waals surface area (Å²) in [7, 11) is 0. The molecule has 0 radical (unpaired) electrons. The van der Waals surface area contributed by atoms with Crippen LogP contribution in [0.15, 0.2) is 48.8 Å². The number of nitro groups is 1. The van der Waals surface area contributed by atoms with Crippen LogP contribution in [-0.2, 0) is 0 Å². The first-order valence-corrected chi connectivity index (χ1v) is 7.11. The Labute approximate surface area is 136 Å². The molecule has 0 saturated heterocycles. The van der Waals surface area contributed by atoms with Gasteiger partial charge in [-0.15, -0.1) is 0 Å². The molecule has 3 rings (SSSR count). The van der Waals surface area contributed by atoms with E-state index >= 15 is 0 Å². The van der Waals surface area contributed by atoms with E-state index in [0.717, 1.165) is 23.3 Å². The Balaban J connectivity index is 1.90. The molecule has 0 amide bonds. The average Bonchev–Trinajstić information content (AvgIpc) is 2.91. The molecule has 1 aromatic carbocycles. The summed E-state index contributed by atoms with van der Waals surface area (Å²) in [6.07, 6.45) is 2.81. The molecule has 0 aliphatic carbocycles. The number of benzene rings is 1. The van der Waals surface area contributed by atoms with Crippen molar-refractivity contribution in [3.05, 3.63) is 69.6 Å². The van der Waals surface area contributed by atoms with Crippen LogP contribution in [0.25, 0.3) is 5.69 Å². The minimum absolute atomic E-state index is 0.155. The molecule has 0 atom stereocenters. The summed E-state index contributed by atoms with van der Waals surface area (Å²) >= 11 is 6.04. The van der Waals surface area contributed by atoms with Crippen LogP contribution in [0.2, 0.25) is 5.02 Å². The van der Waals surface area contributed by atoms with Crippen LogP contribution < -0.4 is 5.32 Å². The van der Waals surface area contributed by atoms with Crippen LogP contribution in [0.1, 0.15) is 5.69 Å². The van der Waals surface area contributed by atoms with Crippen molar-refractivity contribution in [2.75, 3.05) is 5.32 Å². The van der Waals surface area contributed by atoms with E-state index in [1.54, 1.807) is 10.9 Å². The maximum atomic E-state index is 10.7. The fourth-order valence-electron chi connectivity index (χ4n) is 2.11. The Morgan fingerprint density at radius 3 is 2.65 bits per heavy atom. The second-order valence-corrected chi connectivity index (χ2v) is 5.20. The summed E-state index contributed by atoms with van der Waals surface area (Å²) in [5.74, 6) is 0.341. The fraction of sp³-hybridized carbons (Fsp3) is 0.0667. The molecule has 0 aliphatic heterocycles. The molecule has 2 heterocycles. The van der Waals surface area contributed by atoms with Crippen LogP contribution >= 0.6 is 11.6 Å².